The number of nitrogens with zero attached hydrogens (tertiary/aromatic N) is 1. The van der Waals surface area contributed by atoms with Crippen molar-refractivity contribution in [1.29, 1.82) is 0 Å². The highest BCUT2D eigenvalue weighted by Crippen LogP contribution is 2.42. The van der Waals surface area contributed by atoms with Crippen LogP contribution in [0.5, 0.6) is 5.75 Å². The number of pyridine rings is 1. The molecule has 1 aromatic heterocycles. The smallest absolute Gasteiger partial charge is 0.124 e. The number of aliphatic hydroxyl groups excluding tert-OH is 1. The number of rotatable bonds is 3. The standard InChI is InChI=1S/C16H17NO2/c1-19-14-7-3-2-6-12(14)16(18)13-9-8-11-5-4-10-17-15(11)13/h2-7,10,13,16,18H,8-9H2,1H3. The maximum Gasteiger partial charge on any atom is 0.124 e. The zero-order valence-electron chi connectivity index (χ0n) is 10.9. The van der Waals surface area contributed by atoms with E-state index in [2.05, 4.69) is 11.1 Å². The van der Waals surface area contributed by atoms with Crippen LogP contribution in [-0.2, 0) is 6.42 Å². The predicted molar refractivity (Wildman–Crippen MR) is 73.3 cm³/mol. The van der Waals surface area contributed by atoms with Gasteiger partial charge in [0.2, 0.25) is 0 Å². The number of ether oxygens (including phenoxy) is 1. The number of hydrogen-bond donors (Lipinski definition) is 1. The van der Waals surface area contributed by atoms with Gasteiger partial charge >= 0.3 is 0 Å². The van der Waals surface area contributed by atoms with Crippen LogP contribution in [0.4, 0.5) is 0 Å². The lowest BCUT2D eigenvalue weighted by molar-refractivity contribution is 0.140. The van der Waals surface area contributed by atoms with Crippen LogP contribution in [0.3, 0.4) is 0 Å². The molecule has 0 radical (unpaired) electrons. The summed E-state index contributed by atoms with van der Waals surface area (Å²) >= 11 is 0. The van der Waals surface area contributed by atoms with Gasteiger partial charge in [0.15, 0.2) is 0 Å². The van der Waals surface area contributed by atoms with Gasteiger partial charge in [-0.15, -0.1) is 0 Å². The Morgan fingerprint density at radius 3 is 2.95 bits per heavy atom. The summed E-state index contributed by atoms with van der Waals surface area (Å²) in [4.78, 5) is 4.44. The molecule has 19 heavy (non-hydrogen) atoms. The second-order valence-electron chi connectivity index (χ2n) is 4.88. The van der Waals surface area contributed by atoms with Crippen LogP contribution < -0.4 is 4.74 Å². The van der Waals surface area contributed by atoms with Gasteiger partial charge in [0.05, 0.1) is 13.2 Å². The fourth-order valence-electron chi connectivity index (χ4n) is 2.88. The minimum absolute atomic E-state index is 0.0625. The maximum absolute atomic E-state index is 10.7. The summed E-state index contributed by atoms with van der Waals surface area (Å²) in [6.07, 6.45) is 3.16. The molecular formula is C16H17NO2. The summed E-state index contributed by atoms with van der Waals surface area (Å²) in [6.45, 7) is 0. The SMILES string of the molecule is COc1ccccc1C(O)C1CCc2cccnc21. The van der Waals surface area contributed by atoms with Gasteiger partial charge in [0.1, 0.15) is 5.75 Å². The van der Waals surface area contributed by atoms with Crippen molar-refractivity contribution in [3.8, 4) is 5.75 Å². The van der Waals surface area contributed by atoms with E-state index in [9.17, 15) is 5.11 Å². The van der Waals surface area contributed by atoms with Crippen molar-refractivity contribution < 1.29 is 9.84 Å². The molecule has 1 N–H and O–H groups in total. The van der Waals surface area contributed by atoms with Gasteiger partial charge in [-0.1, -0.05) is 24.3 Å². The normalized spacial score (nSPS) is 18.9. The average Bonchev–Trinajstić information content (AvgIpc) is 2.90. The number of methoxy groups -OCH3 is 1. The van der Waals surface area contributed by atoms with Gasteiger partial charge in [-0.25, -0.2) is 0 Å². The molecule has 2 unspecified atom stereocenters. The van der Waals surface area contributed by atoms with Crippen molar-refractivity contribution in [1.82, 2.24) is 4.98 Å². The highest BCUT2D eigenvalue weighted by atomic mass is 16.5. The number of benzene rings is 1. The Morgan fingerprint density at radius 2 is 2.11 bits per heavy atom. The van der Waals surface area contributed by atoms with E-state index in [0.29, 0.717) is 0 Å². The molecule has 1 aliphatic carbocycles. The third-order valence-corrected chi connectivity index (χ3v) is 3.84. The lowest BCUT2D eigenvalue weighted by atomic mass is 9.93. The van der Waals surface area contributed by atoms with Crippen LogP contribution in [0.1, 0.15) is 35.3 Å². The molecule has 1 aliphatic rings. The lowest BCUT2D eigenvalue weighted by Crippen LogP contribution is -2.10. The topological polar surface area (TPSA) is 42.4 Å². The monoisotopic (exact) mass is 255 g/mol. The summed E-state index contributed by atoms with van der Waals surface area (Å²) < 4.78 is 5.33. The molecule has 0 saturated carbocycles. The van der Waals surface area contributed by atoms with Crippen LogP contribution in [0.15, 0.2) is 42.6 Å². The van der Waals surface area contributed by atoms with E-state index in [-0.39, 0.29) is 5.92 Å². The Balaban J connectivity index is 1.95. The van der Waals surface area contributed by atoms with E-state index in [1.807, 2.05) is 30.3 Å². The molecule has 0 spiro atoms. The van der Waals surface area contributed by atoms with Gasteiger partial charge in [-0.2, -0.15) is 0 Å². The first-order valence-corrected chi connectivity index (χ1v) is 6.56. The molecule has 3 heteroatoms. The third-order valence-electron chi connectivity index (χ3n) is 3.84. The molecule has 0 aliphatic heterocycles. The lowest BCUT2D eigenvalue weighted by Gasteiger charge is -2.20. The highest BCUT2D eigenvalue weighted by Gasteiger charge is 2.31. The molecule has 2 atom stereocenters. The summed E-state index contributed by atoms with van der Waals surface area (Å²) in [7, 11) is 1.63. The van der Waals surface area contributed by atoms with E-state index in [1.54, 1.807) is 13.3 Å². The van der Waals surface area contributed by atoms with Crippen LogP contribution >= 0.6 is 0 Å². The number of aromatic nitrogens is 1. The van der Waals surface area contributed by atoms with Crippen molar-refractivity contribution in [2.24, 2.45) is 0 Å². The van der Waals surface area contributed by atoms with Crippen molar-refractivity contribution in [2.75, 3.05) is 7.11 Å². The quantitative estimate of drug-likeness (QED) is 0.917. The van der Waals surface area contributed by atoms with Gasteiger partial charge in [-0.05, 0) is 30.5 Å². The highest BCUT2D eigenvalue weighted by molar-refractivity contribution is 5.39. The molecule has 0 amide bonds. The number of aryl methyl sites for hydroxylation is 1. The van der Waals surface area contributed by atoms with Crippen molar-refractivity contribution in [3.05, 3.63) is 59.4 Å². The zero-order chi connectivity index (χ0) is 13.2. The second-order valence-corrected chi connectivity index (χ2v) is 4.88. The summed E-state index contributed by atoms with van der Waals surface area (Å²) in [5.74, 6) is 0.798. The third kappa shape index (κ3) is 2.10. The number of aliphatic hydroxyl groups is 1. The molecule has 3 rings (SSSR count). The van der Waals surface area contributed by atoms with E-state index >= 15 is 0 Å². The summed E-state index contributed by atoms with van der Waals surface area (Å²) in [5.41, 5.74) is 3.12. The molecule has 1 heterocycles. The maximum atomic E-state index is 10.7. The van der Waals surface area contributed by atoms with Crippen molar-refractivity contribution in [2.45, 2.75) is 24.9 Å². The fraction of sp³-hybridized carbons (Fsp3) is 0.312. The van der Waals surface area contributed by atoms with Crippen LogP contribution in [0.25, 0.3) is 0 Å². The second kappa shape index (κ2) is 5.02. The average molecular weight is 255 g/mol. The molecule has 0 fully saturated rings. The Labute approximate surface area is 112 Å². The molecule has 2 aromatic rings. The van der Waals surface area contributed by atoms with E-state index in [1.165, 1.54) is 5.56 Å². The van der Waals surface area contributed by atoms with Crippen LogP contribution in [-0.4, -0.2) is 17.2 Å². The minimum Gasteiger partial charge on any atom is -0.496 e. The number of para-hydroxylation sites is 1. The largest absolute Gasteiger partial charge is 0.496 e. The van der Waals surface area contributed by atoms with Crippen molar-refractivity contribution in [3.63, 3.8) is 0 Å². The molecule has 0 saturated heterocycles. The minimum atomic E-state index is -0.563. The van der Waals surface area contributed by atoms with Crippen LogP contribution in [0, 0.1) is 0 Å². The predicted octanol–water partition coefficient (Wildman–Crippen LogP) is 2.85. The van der Waals surface area contributed by atoms with Gasteiger partial charge in [0, 0.05) is 23.4 Å². The molecular weight excluding hydrogens is 238 g/mol. The van der Waals surface area contributed by atoms with E-state index in [0.717, 1.165) is 29.8 Å². The van der Waals surface area contributed by atoms with E-state index < -0.39 is 6.10 Å². The first-order valence-electron chi connectivity index (χ1n) is 6.56. The first kappa shape index (κ1) is 12.2. The van der Waals surface area contributed by atoms with Crippen LogP contribution in [0.2, 0.25) is 0 Å². The summed E-state index contributed by atoms with van der Waals surface area (Å²) in [5, 5.41) is 10.7. The van der Waals surface area contributed by atoms with Crippen molar-refractivity contribution >= 4 is 0 Å². The number of fused-ring (bicyclic) bond motifs is 1. The fourth-order valence-corrected chi connectivity index (χ4v) is 2.88. The first-order chi connectivity index (χ1) is 9.31. The Bertz CT molecular complexity index is 582. The Morgan fingerprint density at radius 1 is 1.26 bits per heavy atom. The molecule has 3 nitrogen and oxygen atoms in total. The number of hydrogen-bond acceptors (Lipinski definition) is 3. The Hall–Kier alpha value is -1.87. The Kier molecular flexibility index (Phi) is 3.22. The van der Waals surface area contributed by atoms with Gasteiger partial charge in [-0.3, -0.25) is 4.98 Å². The van der Waals surface area contributed by atoms with Gasteiger partial charge < -0.3 is 9.84 Å². The molecule has 98 valence electrons. The summed E-state index contributed by atoms with van der Waals surface area (Å²) in [6, 6.07) is 11.7. The van der Waals surface area contributed by atoms with Gasteiger partial charge in [0.25, 0.3) is 0 Å². The molecule has 1 aromatic carbocycles. The van der Waals surface area contributed by atoms with E-state index in [4.69, 9.17) is 4.74 Å². The molecule has 0 bridgehead atoms. The zero-order valence-corrected chi connectivity index (χ0v) is 10.9.